The van der Waals surface area contributed by atoms with E-state index in [1.165, 1.54) is 0 Å². The number of hydrogen-bond acceptors (Lipinski definition) is 3. The third-order valence-electron chi connectivity index (χ3n) is 4.21. The van der Waals surface area contributed by atoms with Crippen LogP contribution in [-0.2, 0) is 17.3 Å². The van der Waals surface area contributed by atoms with Gasteiger partial charge in [-0.2, -0.15) is 5.10 Å². The van der Waals surface area contributed by atoms with Gasteiger partial charge in [-0.25, -0.2) is 0 Å². The van der Waals surface area contributed by atoms with E-state index >= 15 is 0 Å². The van der Waals surface area contributed by atoms with Gasteiger partial charge in [0.2, 0.25) is 0 Å². The molecule has 1 aromatic heterocycles. The van der Waals surface area contributed by atoms with Gasteiger partial charge in [0.05, 0.1) is 12.5 Å². The number of carbonyl (C=O) groups excluding carboxylic acids is 1. The second-order valence-electron chi connectivity index (χ2n) is 7.29. The summed E-state index contributed by atoms with van der Waals surface area (Å²) in [4.78, 5) is 23.6. The molecule has 0 aliphatic carbocycles. The van der Waals surface area contributed by atoms with Crippen molar-refractivity contribution < 1.29 is 14.7 Å². The Kier molecular flexibility index (Phi) is 5.30. The molecule has 1 aromatic carbocycles. The Labute approximate surface area is 147 Å². The number of aromatic nitrogens is 2. The number of hydrogen-bond donors (Lipinski definition) is 2. The highest BCUT2D eigenvalue weighted by Gasteiger charge is 2.21. The minimum atomic E-state index is -0.970. The normalized spacial score (nSPS) is 12.7. The predicted octanol–water partition coefficient (Wildman–Crippen LogP) is 2.97. The minimum absolute atomic E-state index is 0.00948. The number of aryl methyl sites for hydroxylation is 2. The molecule has 6 nitrogen and oxygen atoms in total. The van der Waals surface area contributed by atoms with Gasteiger partial charge in [0.15, 0.2) is 0 Å². The van der Waals surface area contributed by atoms with Gasteiger partial charge in [0.1, 0.15) is 5.69 Å². The highest BCUT2D eigenvalue weighted by molar-refractivity contribution is 5.92. The first kappa shape index (κ1) is 18.7. The molecule has 0 spiro atoms. The number of nitrogens with one attached hydrogen (secondary N) is 1. The van der Waals surface area contributed by atoms with Crippen molar-refractivity contribution >= 4 is 11.9 Å². The van der Waals surface area contributed by atoms with E-state index < -0.39 is 12.0 Å². The van der Waals surface area contributed by atoms with Gasteiger partial charge in [0, 0.05) is 12.7 Å². The molecular weight excluding hydrogens is 318 g/mol. The van der Waals surface area contributed by atoms with Gasteiger partial charge >= 0.3 is 5.97 Å². The maximum Gasteiger partial charge on any atom is 0.305 e. The highest BCUT2D eigenvalue weighted by atomic mass is 16.4. The Bertz CT molecular complexity index is 751. The predicted molar refractivity (Wildman–Crippen MR) is 95.5 cm³/mol. The smallest absolute Gasteiger partial charge is 0.305 e. The highest BCUT2D eigenvalue weighted by Crippen LogP contribution is 2.25. The molecule has 0 radical (unpaired) electrons. The van der Waals surface area contributed by atoms with Crippen LogP contribution in [-0.4, -0.2) is 26.8 Å². The van der Waals surface area contributed by atoms with Crippen molar-refractivity contribution in [2.75, 3.05) is 0 Å². The van der Waals surface area contributed by atoms with E-state index in [9.17, 15) is 14.7 Å². The largest absolute Gasteiger partial charge is 0.481 e. The molecule has 0 aliphatic heterocycles. The molecule has 6 heteroatoms. The number of amides is 1. The number of nitrogens with zero attached hydrogens (tertiary/aromatic N) is 2. The molecule has 25 heavy (non-hydrogen) atoms. The molecule has 1 unspecified atom stereocenters. The second-order valence-corrected chi connectivity index (χ2v) is 7.29. The van der Waals surface area contributed by atoms with E-state index in [1.807, 2.05) is 31.2 Å². The molecule has 0 saturated carbocycles. The van der Waals surface area contributed by atoms with Crippen LogP contribution in [0.2, 0.25) is 0 Å². The molecule has 2 N–H and O–H groups in total. The van der Waals surface area contributed by atoms with E-state index in [1.54, 1.807) is 17.8 Å². The van der Waals surface area contributed by atoms with Crippen molar-refractivity contribution in [3.63, 3.8) is 0 Å². The zero-order chi connectivity index (χ0) is 18.8. The lowest BCUT2D eigenvalue weighted by molar-refractivity contribution is -0.137. The molecule has 1 amide bonds. The average molecular weight is 343 g/mol. The van der Waals surface area contributed by atoms with Gasteiger partial charge in [-0.1, -0.05) is 45.0 Å². The lowest BCUT2D eigenvalue weighted by Crippen LogP contribution is -2.30. The van der Waals surface area contributed by atoms with Gasteiger partial charge in [0.25, 0.3) is 5.91 Å². The average Bonchev–Trinajstić information content (AvgIpc) is 2.85. The van der Waals surface area contributed by atoms with E-state index in [-0.39, 0.29) is 23.4 Å². The lowest BCUT2D eigenvalue weighted by atomic mass is 9.86. The van der Waals surface area contributed by atoms with Crippen LogP contribution in [0, 0.1) is 6.92 Å². The molecule has 2 rings (SSSR count). The number of benzene rings is 1. The molecule has 134 valence electrons. The summed E-state index contributed by atoms with van der Waals surface area (Å²) < 4.78 is 1.61. The fourth-order valence-corrected chi connectivity index (χ4v) is 2.55. The zero-order valence-electron chi connectivity index (χ0n) is 15.3. The Morgan fingerprint density at radius 1 is 1.24 bits per heavy atom. The number of carboxylic acid groups (broad SMARTS) is 1. The first-order valence-electron chi connectivity index (χ1n) is 8.21. The van der Waals surface area contributed by atoms with Crippen molar-refractivity contribution in [1.29, 1.82) is 0 Å². The maximum atomic E-state index is 12.4. The quantitative estimate of drug-likeness (QED) is 0.874. The van der Waals surface area contributed by atoms with Crippen molar-refractivity contribution in [2.45, 2.75) is 45.6 Å². The maximum absolute atomic E-state index is 12.4. The van der Waals surface area contributed by atoms with Crippen LogP contribution < -0.4 is 5.32 Å². The second kappa shape index (κ2) is 7.09. The van der Waals surface area contributed by atoms with E-state index in [0.717, 1.165) is 16.8 Å². The van der Waals surface area contributed by atoms with Crippen molar-refractivity contribution in [3.8, 4) is 0 Å². The number of rotatable bonds is 5. The number of aliphatic carboxylic acids is 1. The standard InChI is InChI=1S/C19H25N3O3/c1-12-10-16(21-22(12)5)18(25)20-15(11-17(23)24)13-6-8-14(9-7-13)19(2,3)4/h6-10,15H,11H2,1-5H3,(H,20,25)(H,23,24). The molecule has 1 heterocycles. The molecule has 0 aliphatic rings. The fraction of sp³-hybridized carbons (Fsp3) is 0.421. The summed E-state index contributed by atoms with van der Waals surface area (Å²) >= 11 is 0. The fourth-order valence-electron chi connectivity index (χ4n) is 2.55. The van der Waals surface area contributed by atoms with Crippen LogP contribution in [0.4, 0.5) is 0 Å². The van der Waals surface area contributed by atoms with Gasteiger partial charge in [-0.05, 0) is 29.5 Å². The molecular formula is C19H25N3O3. The van der Waals surface area contributed by atoms with Crippen molar-refractivity contribution in [2.24, 2.45) is 7.05 Å². The van der Waals surface area contributed by atoms with Crippen LogP contribution in [0.15, 0.2) is 30.3 Å². The van der Waals surface area contributed by atoms with Gasteiger partial charge < -0.3 is 10.4 Å². The van der Waals surface area contributed by atoms with Gasteiger partial charge in [-0.3, -0.25) is 14.3 Å². The third kappa shape index (κ3) is 4.68. The third-order valence-corrected chi connectivity index (χ3v) is 4.21. The van der Waals surface area contributed by atoms with Crippen LogP contribution in [0.3, 0.4) is 0 Å². The summed E-state index contributed by atoms with van der Waals surface area (Å²) in [6, 6.07) is 8.76. The molecule has 0 bridgehead atoms. The van der Waals surface area contributed by atoms with Crippen molar-refractivity contribution in [1.82, 2.24) is 15.1 Å². The summed E-state index contributed by atoms with van der Waals surface area (Å²) in [6.45, 7) is 8.19. The van der Waals surface area contributed by atoms with E-state index in [4.69, 9.17) is 0 Å². The summed E-state index contributed by atoms with van der Waals surface area (Å²) in [5.41, 5.74) is 3.06. The first-order chi connectivity index (χ1) is 11.6. The van der Waals surface area contributed by atoms with E-state index in [0.29, 0.717) is 0 Å². The lowest BCUT2D eigenvalue weighted by Gasteiger charge is -2.21. The van der Waals surface area contributed by atoms with E-state index in [2.05, 4.69) is 31.2 Å². The summed E-state index contributed by atoms with van der Waals surface area (Å²) in [7, 11) is 1.76. The Hall–Kier alpha value is -2.63. The summed E-state index contributed by atoms with van der Waals surface area (Å²) in [6.07, 6.45) is -0.188. The van der Waals surface area contributed by atoms with Crippen LogP contribution in [0.5, 0.6) is 0 Å². The Balaban J connectivity index is 2.23. The molecule has 1 atom stereocenters. The number of carbonyl (C=O) groups is 2. The molecule has 2 aromatic rings. The zero-order valence-corrected chi connectivity index (χ0v) is 15.3. The minimum Gasteiger partial charge on any atom is -0.481 e. The van der Waals surface area contributed by atoms with Crippen molar-refractivity contribution in [3.05, 3.63) is 52.8 Å². The first-order valence-corrected chi connectivity index (χ1v) is 8.21. The van der Waals surface area contributed by atoms with Gasteiger partial charge in [-0.15, -0.1) is 0 Å². The topological polar surface area (TPSA) is 84.2 Å². The molecule has 0 fully saturated rings. The Morgan fingerprint density at radius 3 is 2.28 bits per heavy atom. The SMILES string of the molecule is Cc1cc(C(=O)NC(CC(=O)O)c2ccc(C(C)(C)C)cc2)nn1C. The van der Waals surface area contributed by atoms with Crippen LogP contribution >= 0.6 is 0 Å². The Morgan fingerprint density at radius 2 is 1.84 bits per heavy atom. The monoisotopic (exact) mass is 343 g/mol. The summed E-state index contributed by atoms with van der Waals surface area (Å²) in [5.74, 6) is -1.35. The molecule has 0 saturated heterocycles. The van der Waals surface area contributed by atoms with Crippen LogP contribution in [0.25, 0.3) is 0 Å². The summed E-state index contributed by atoms with van der Waals surface area (Å²) in [5, 5.41) is 16.1. The number of carboxylic acids is 1. The van der Waals surface area contributed by atoms with Crippen LogP contribution in [0.1, 0.15) is 60.5 Å².